The number of halogens is 6. The van der Waals surface area contributed by atoms with Crippen LogP contribution in [0.3, 0.4) is 0 Å². The molecule has 0 bridgehead atoms. The Balaban J connectivity index is 2.06. The molecule has 2 amide bonds. The van der Waals surface area contributed by atoms with Crippen molar-refractivity contribution in [2.75, 3.05) is 5.32 Å². The second kappa shape index (κ2) is 8.81. The van der Waals surface area contributed by atoms with Crippen molar-refractivity contribution in [3.05, 3.63) is 82.4 Å². The monoisotopic (exact) mass is 469 g/mol. The minimum Gasteiger partial charge on any atom is -0.456 e. The van der Waals surface area contributed by atoms with Crippen LogP contribution in [0.4, 0.5) is 32.0 Å². The molecular formula is C21H13F6N3O3. The largest absolute Gasteiger partial charge is 0.456 e. The van der Waals surface area contributed by atoms with Crippen molar-refractivity contribution in [3.63, 3.8) is 0 Å². The molecule has 0 atom stereocenters. The molecule has 0 aliphatic rings. The number of benzene rings is 2. The van der Waals surface area contributed by atoms with Crippen molar-refractivity contribution in [2.45, 2.75) is 13.1 Å². The van der Waals surface area contributed by atoms with Crippen LogP contribution in [0, 0.1) is 24.4 Å². The fourth-order valence-corrected chi connectivity index (χ4v) is 2.74. The Morgan fingerprint density at radius 3 is 2.21 bits per heavy atom. The van der Waals surface area contributed by atoms with Crippen LogP contribution in [-0.2, 0) is 6.18 Å². The molecule has 1 aromatic heterocycles. The Labute approximate surface area is 182 Å². The molecule has 172 valence electrons. The van der Waals surface area contributed by atoms with Crippen LogP contribution in [0.1, 0.15) is 32.0 Å². The van der Waals surface area contributed by atoms with Crippen molar-refractivity contribution >= 4 is 17.5 Å². The predicted octanol–water partition coefficient (Wildman–Crippen LogP) is 4.97. The first-order valence-corrected chi connectivity index (χ1v) is 8.99. The molecule has 0 aliphatic carbocycles. The van der Waals surface area contributed by atoms with E-state index in [9.17, 15) is 35.9 Å². The van der Waals surface area contributed by atoms with Gasteiger partial charge in [0, 0.05) is 5.56 Å². The van der Waals surface area contributed by atoms with Gasteiger partial charge < -0.3 is 15.8 Å². The first-order valence-electron chi connectivity index (χ1n) is 8.99. The highest BCUT2D eigenvalue weighted by molar-refractivity contribution is 6.06. The van der Waals surface area contributed by atoms with E-state index in [0.29, 0.717) is 18.2 Å². The number of amides is 2. The molecule has 0 aliphatic heterocycles. The highest BCUT2D eigenvalue weighted by Gasteiger charge is 2.37. The lowest BCUT2D eigenvalue weighted by atomic mass is 10.1. The molecule has 0 fully saturated rings. The van der Waals surface area contributed by atoms with Gasteiger partial charge in [-0.3, -0.25) is 9.59 Å². The van der Waals surface area contributed by atoms with E-state index in [0.717, 1.165) is 31.3 Å². The number of nitrogens with zero attached hydrogens (tertiary/aromatic N) is 1. The lowest BCUT2D eigenvalue weighted by Gasteiger charge is -2.17. The first kappa shape index (κ1) is 23.6. The minimum atomic E-state index is -5.14. The van der Waals surface area contributed by atoms with Crippen molar-refractivity contribution in [1.82, 2.24) is 4.98 Å². The van der Waals surface area contributed by atoms with Gasteiger partial charge >= 0.3 is 6.18 Å². The lowest BCUT2D eigenvalue weighted by Crippen LogP contribution is -2.19. The summed E-state index contributed by atoms with van der Waals surface area (Å²) in [6.45, 7) is 1.12. The topological polar surface area (TPSA) is 94.3 Å². The van der Waals surface area contributed by atoms with Crippen LogP contribution < -0.4 is 15.8 Å². The van der Waals surface area contributed by atoms with Crippen LogP contribution in [-0.4, -0.2) is 16.8 Å². The zero-order chi connectivity index (χ0) is 24.5. The molecule has 0 unspecified atom stereocenters. The van der Waals surface area contributed by atoms with Gasteiger partial charge in [0.2, 0.25) is 0 Å². The maximum Gasteiger partial charge on any atom is 0.419 e. The van der Waals surface area contributed by atoms with Gasteiger partial charge in [-0.15, -0.1) is 0 Å². The van der Waals surface area contributed by atoms with Crippen LogP contribution in [0.25, 0.3) is 0 Å². The maximum absolute atomic E-state index is 14.8. The van der Waals surface area contributed by atoms with E-state index in [1.165, 1.54) is 0 Å². The third kappa shape index (κ3) is 4.89. The Kier molecular flexibility index (Phi) is 6.29. The highest BCUT2D eigenvalue weighted by atomic mass is 19.4. The quantitative estimate of drug-likeness (QED) is 0.516. The van der Waals surface area contributed by atoms with Gasteiger partial charge in [0.25, 0.3) is 11.8 Å². The summed E-state index contributed by atoms with van der Waals surface area (Å²) in [5.41, 5.74) is 1.55. The van der Waals surface area contributed by atoms with Gasteiger partial charge in [0.15, 0.2) is 17.5 Å². The van der Waals surface area contributed by atoms with E-state index in [1.807, 2.05) is 0 Å². The first-order chi connectivity index (χ1) is 15.4. The van der Waals surface area contributed by atoms with E-state index in [4.69, 9.17) is 10.5 Å². The van der Waals surface area contributed by atoms with Crippen LogP contribution in [0.15, 0.2) is 42.6 Å². The second-order valence-corrected chi connectivity index (χ2v) is 6.64. The van der Waals surface area contributed by atoms with Crippen molar-refractivity contribution < 1.29 is 40.7 Å². The average Bonchev–Trinajstić information content (AvgIpc) is 2.73. The standard InChI is InChI=1S/C21H13F6N3O3/c1-9-14(7-4-12(22)17(9)23)33-15-6-3-11(21(25,26)27)18(24)16(15)20(32)30-10-2-5-13(19(28)31)29-8-10/h2-8H,1H3,(H2,28,31)(H,30,32). The molecule has 2 aromatic carbocycles. The number of alkyl halides is 3. The molecule has 1 heterocycles. The number of hydrogen-bond acceptors (Lipinski definition) is 4. The number of nitrogens with two attached hydrogens (primary N) is 1. The highest BCUT2D eigenvalue weighted by Crippen LogP contribution is 2.38. The Hall–Kier alpha value is -4.09. The Bertz CT molecular complexity index is 1240. The summed E-state index contributed by atoms with van der Waals surface area (Å²) in [6.07, 6.45) is -4.16. The van der Waals surface area contributed by atoms with Gasteiger partial charge in [0.05, 0.1) is 17.4 Å². The molecule has 0 saturated heterocycles. The molecule has 6 nitrogen and oxygen atoms in total. The minimum absolute atomic E-state index is 0.100. The van der Waals surface area contributed by atoms with Gasteiger partial charge in [-0.2, -0.15) is 13.2 Å². The van der Waals surface area contributed by atoms with E-state index in [2.05, 4.69) is 10.3 Å². The number of aromatic nitrogens is 1. The number of carbonyl (C=O) groups excluding carboxylic acids is 2. The summed E-state index contributed by atoms with van der Waals surface area (Å²) in [7, 11) is 0. The van der Waals surface area contributed by atoms with Crippen LogP contribution in [0.2, 0.25) is 0 Å². The normalized spacial score (nSPS) is 11.2. The number of rotatable bonds is 5. The van der Waals surface area contributed by atoms with Gasteiger partial charge in [-0.05, 0) is 43.3 Å². The smallest absolute Gasteiger partial charge is 0.419 e. The zero-order valence-corrected chi connectivity index (χ0v) is 16.6. The van der Waals surface area contributed by atoms with E-state index in [-0.39, 0.29) is 22.7 Å². The molecule has 3 N–H and O–H groups in total. The number of primary amides is 1. The third-order valence-electron chi connectivity index (χ3n) is 4.42. The summed E-state index contributed by atoms with van der Waals surface area (Å²) >= 11 is 0. The molecular weight excluding hydrogens is 456 g/mol. The molecule has 3 aromatic rings. The summed E-state index contributed by atoms with van der Waals surface area (Å²) < 4.78 is 86.9. The second-order valence-electron chi connectivity index (χ2n) is 6.64. The summed E-state index contributed by atoms with van der Waals surface area (Å²) in [5, 5.41) is 2.13. The molecule has 0 saturated carbocycles. The predicted molar refractivity (Wildman–Crippen MR) is 103 cm³/mol. The maximum atomic E-state index is 14.8. The van der Waals surface area contributed by atoms with Gasteiger partial charge in [0.1, 0.15) is 22.8 Å². The van der Waals surface area contributed by atoms with E-state index >= 15 is 0 Å². The van der Waals surface area contributed by atoms with Crippen molar-refractivity contribution in [2.24, 2.45) is 5.73 Å². The number of carbonyl (C=O) groups is 2. The summed E-state index contributed by atoms with van der Waals surface area (Å²) in [5.74, 6) is -7.70. The van der Waals surface area contributed by atoms with Crippen LogP contribution >= 0.6 is 0 Å². The summed E-state index contributed by atoms with van der Waals surface area (Å²) in [6, 6.07) is 4.98. The summed E-state index contributed by atoms with van der Waals surface area (Å²) in [4.78, 5) is 27.4. The van der Waals surface area contributed by atoms with E-state index < -0.39 is 52.3 Å². The average molecular weight is 469 g/mol. The molecule has 33 heavy (non-hydrogen) atoms. The third-order valence-corrected chi connectivity index (χ3v) is 4.42. The number of pyridine rings is 1. The van der Waals surface area contributed by atoms with Gasteiger partial charge in [-0.1, -0.05) is 0 Å². The van der Waals surface area contributed by atoms with Crippen molar-refractivity contribution in [3.8, 4) is 11.5 Å². The number of anilines is 1. The molecule has 12 heteroatoms. The molecule has 0 spiro atoms. The number of nitrogens with one attached hydrogen (secondary N) is 1. The Morgan fingerprint density at radius 1 is 0.970 bits per heavy atom. The zero-order valence-electron chi connectivity index (χ0n) is 16.6. The molecule has 0 radical (unpaired) electrons. The Morgan fingerprint density at radius 2 is 1.64 bits per heavy atom. The number of ether oxygens (including phenoxy) is 1. The lowest BCUT2D eigenvalue weighted by molar-refractivity contribution is -0.140. The number of hydrogen-bond donors (Lipinski definition) is 2. The fraction of sp³-hybridized carbons (Fsp3) is 0.0952. The van der Waals surface area contributed by atoms with Crippen LogP contribution in [0.5, 0.6) is 11.5 Å². The van der Waals surface area contributed by atoms with Crippen molar-refractivity contribution in [1.29, 1.82) is 0 Å². The van der Waals surface area contributed by atoms with E-state index in [1.54, 1.807) is 0 Å². The molecule has 3 rings (SSSR count). The fourth-order valence-electron chi connectivity index (χ4n) is 2.74. The van der Waals surface area contributed by atoms with Gasteiger partial charge in [-0.25, -0.2) is 18.2 Å². The SMILES string of the molecule is Cc1c(Oc2ccc(C(F)(F)F)c(F)c2C(=O)Nc2ccc(C(N)=O)nc2)ccc(F)c1F.